The van der Waals surface area contributed by atoms with Crippen LogP contribution in [0.3, 0.4) is 0 Å². The molecule has 19 heavy (non-hydrogen) atoms. The van der Waals surface area contributed by atoms with Crippen LogP contribution in [0.1, 0.15) is 30.0 Å². The summed E-state index contributed by atoms with van der Waals surface area (Å²) < 4.78 is 5.24. The van der Waals surface area contributed by atoms with Gasteiger partial charge in [-0.2, -0.15) is 0 Å². The summed E-state index contributed by atoms with van der Waals surface area (Å²) in [6.45, 7) is 5.32. The second kappa shape index (κ2) is 4.70. The van der Waals surface area contributed by atoms with E-state index in [1.165, 1.54) is 12.3 Å². The number of aromatic carboxylic acids is 1. The minimum atomic E-state index is -1.01. The maximum atomic E-state index is 12.1. The topological polar surface area (TPSA) is 74.0 Å². The molecule has 2 heterocycles. The van der Waals surface area contributed by atoms with Gasteiger partial charge in [-0.1, -0.05) is 0 Å². The van der Waals surface area contributed by atoms with Gasteiger partial charge < -0.3 is 14.4 Å². The first-order chi connectivity index (χ1) is 8.84. The Morgan fingerprint density at radius 2 is 2.16 bits per heavy atom. The van der Waals surface area contributed by atoms with E-state index in [4.69, 9.17) is 9.52 Å². The lowest BCUT2D eigenvalue weighted by molar-refractivity contribution is -0.147. The van der Waals surface area contributed by atoms with Crippen LogP contribution in [0.4, 0.5) is 0 Å². The summed E-state index contributed by atoms with van der Waals surface area (Å²) in [6, 6.07) is 1.43. The number of carbonyl (C=O) groups excluding carboxylic acids is 1. The molecular weight excluding hydrogens is 248 g/mol. The van der Waals surface area contributed by atoms with Gasteiger partial charge in [-0.05, 0) is 19.9 Å². The summed E-state index contributed by atoms with van der Waals surface area (Å²) in [5, 5.41) is 9.05. The summed E-state index contributed by atoms with van der Waals surface area (Å²) in [7, 11) is 1.77. The minimum absolute atomic E-state index is 0.0298. The summed E-state index contributed by atoms with van der Waals surface area (Å²) in [4.78, 5) is 26.8. The number of hydrogen-bond donors (Lipinski definition) is 1. The monoisotopic (exact) mass is 266 g/mol. The number of hydrogen-bond acceptors (Lipinski definition) is 4. The average molecular weight is 266 g/mol. The van der Waals surface area contributed by atoms with Crippen LogP contribution < -0.4 is 0 Å². The molecule has 6 nitrogen and oxygen atoms in total. The Labute approximate surface area is 111 Å². The fourth-order valence-electron chi connectivity index (χ4n) is 2.36. The van der Waals surface area contributed by atoms with Crippen molar-refractivity contribution in [3.63, 3.8) is 0 Å². The highest BCUT2D eigenvalue weighted by molar-refractivity contribution is 5.89. The number of amides is 1. The Balaban J connectivity index is 2.21. The predicted octanol–water partition coefficient (Wildman–Crippen LogP) is 1.03. The Morgan fingerprint density at radius 3 is 2.79 bits per heavy atom. The normalized spacial score (nSPS) is 19.7. The van der Waals surface area contributed by atoms with Crippen LogP contribution in [0.5, 0.6) is 0 Å². The molecule has 0 unspecified atom stereocenters. The Kier molecular flexibility index (Phi) is 3.36. The van der Waals surface area contributed by atoms with E-state index in [1.54, 1.807) is 11.9 Å². The molecule has 1 fully saturated rings. The molecule has 6 heteroatoms. The zero-order chi connectivity index (χ0) is 14.2. The standard InChI is InChI=1S/C13H18N2O4/c1-13(2)12(18)14(3)5-6-15(13)8-10-9(11(16)17)4-7-19-10/h4,7H,5-6,8H2,1-3H3,(H,16,17). The van der Waals surface area contributed by atoms with Crippen LogP contribution in [-0.2, 0) is 11.3 Å². The number of carboxylic acids is 1. The number of likely N-dealkylation sites (N-methyl/N-ethyl adjacent to an activating group) is 1. The number of rotatable bonds is 3. The highest BCUT2D eigenvalue weighted by Crippen LogP contribution is 2.25. The molecule has 1 aliphatic heterocycles. The van der Waals surface area contributed by atoms with Gasteiger partial charge in [0, 0.05) is 20.1 Å². The van der Waals surface area contributed by atoms with E-state index in [0.29, 0.717) is 25.4 Å². The van der Waals surface area contributed by atoms with Gasteiger partial charge in [0.25, 0.3) is 0 Å². The summed E-state index contributed by atoms with van der Waals surface area (Å²) in [6.07, 6.45) is 1.36. The Hall–Kier alpha value is -1.82. The van der Waals surface area contributed by atoms with E-state index in [2.05, 4.69) is 0 Å². The first-order valence-electron chi connectivity index (χ1n) is 6.14. The van der Waals surface area contributed by atoms with Crippen LogP contribution in [-0.4, -0.2) is 52.5 Å². The molecule has 0 atom stereocenters. The first-order valence-corrected chi connectivity index (χ1v) is 6.14. The lowest BCUT2D eigenvalue weighted by Gasteiger charge is -2.44. The molecule has 104 valence electrons. The van der Waals surface area contributed by atoms with Gasteiger partial charge in [-0.15, -0.1) is 0 Å². The quantitative estimate of drug-likeness (QED) is 0.884. The van der Waals surface area contributed by atoms with Crippen LogP contribution in [0.25, 0.3) is 0 Å². The van der Waals surface area contributed by atoms with Crippen LogP contribution in [0.2, 0.25) is 0 Å². The molecule has 1 aromatic heterocycles. The van der Waals surface area contributed by atoms with Crippen molar-refractivity contribution in [3.05, 3.63) is 23.7 Å². The average Bonchev–Trinajstić information content (AvgIpc) is 2.79. The van der Waals surface area contributed by atoms with E-state index in [9.17, 15) is 9.59 Å². The minimum Gasteiger partial charge on any atom is -0.478 e. The molecular formula is C13H18N2O4. The van der Waals surface area contributed by atoms with Crippen molar-refractivity contribution < 1.29 is 19.1 Å². The second-order valence-electron chi connectivity index (χ2n) is 5.27. The van der Waals surface area contributed by atoms with Crippen molar-refractivity contribution >= 4 is 11.9 Å². The first kappa shape index (κ1) is 13.6. The highest BCUT2D eigenvalue weighted by atomic mass is 16.4. The van der Waals surface area contributed by atoms with Gasteiger partial charge in [-0.3, -0.25) is 9.69 Å². The number of carbonyl (C=O) groups is 2. The van der Waals surface area contributed by atoms with Crippen LogP contribution >= 0.6 is 0 Å². The van der Waals surface area contributed by atoms with Gasteiger partial charge in [0.05, 0.1) is 18.3 Å². The molecule has 1 aromatic rings. The summed E-state index contributed by atoms with van der Waals surface area (Å²) >= 11 is 0. The molecule has 1 saturated heterocycles. The molecule has 1 aliphatic rings. The van der Waals surface area contributed by atoms with Crippen molar-refractivity contribution in [2.24, 2.45) is 0 Å². The van der Waals surface area contributed by atoms with E-state index in [1.807, 2.05) is 18.7 Å². The molecule has 0 aromatic carbocycles. The van der Waals surface area contributed by atoms with Crippen molar-refractivity contribution in [2.75, 3.05) is 20.1 Å². The zero-order valence-corrected chi connectivity index (χ0v) is 11.3. The number of furan rings is 1. The molecule has 0 radical (unpaired) electrons. The predicted molar refractivity (Wildman–Crippen MR) is 67.8 cm³/mol. The molecule has 0 spiro atoms. The van der Waals surface area contributed by atoms with E-state index >= 15 is 0 Å². The van der Waals surface area contributed by atoms with E-state index < -0.39 is 11.5 Å². The SMILES string of the molecule is CN1CCN(Cc2occc2C(=O)O)C(C)(C)C1=O. The van der Waals surface area contributed by atoms with Gasteiger partial charge in [0.2, 0.25) is 5.91 Å². The maximum Gasteiger partial charge on any atom is 0.339 e. The molecule has 0 bridgehead atoms. The summed E-state index contributed by atoms with van der Waals surface area (Å²) in [5.41, 5.74) is -0.502. The molecule has 1 amide bonds. The van der Waals surface area contributed by atoms with Gasteiger partial charge >= 0.3 is 5.97 Å². The smallest absolute Gasteiger partial charge is 0.339 e. The number of nitrogens with zero attached hydrogens (tertiary/aromatic N) is 2. The summed E-state index contributed by atoms with van der Waals surface area (Å²) in [5.74, 6) is -0.595. The third kappa shape index (κ3) is 2.35. The lowest BCUT2D eigenvalue weighted by Crippen LogP contribution is -2.61. The lowest BCUT2D eigenvalue weighted by atomic mass is 9.97. The van der Waals surface area contributed by atoms with Crippen molar-refractivity contribution in [1.29, 1.82) is 0 Å². The van der Waals surface area contributed by atoms with Crippen LogP contribution in [0.15, 0.2) is 16.7 Å². The molecule has 1 N–H and O–H groups in total. The fraction of sp³-hybridized carbons (Fsp3) is 0.538. The molecule has 2 rings (SSSR count). The van der Waals surface area contributed by atoms with Crippen molar-refractivity contribution in [1.82, 2.24) is 9.80 Å². The van der Waals surface area contributed by atoms with Gasteiger partial charge in [0.1, 0.15) is 11.3 Å². The third-order valence-corrected chi connectivity index (χ3v) is 3.68. The van der Waals surface area contributed by atoms with E-state index in [0.717, 1.165) is 0 Å². The van der Waals surface area contributed by atoms with Crippen molar-refractivity contribution in [3.8, 4) is 0 Å². The van der Waals surface area contributed by atoms with Crippen LogP contribution in [0, 0.1) is 0 Å². The second-order valence-corrected chi connectivity index (χ2v) is 5.27. The maximum absolute atomic E-state index is 12.1. The van der Waals surface area contributed by atoms with E-state index in [-0.39, 0.29) is 11.5 Å². The third-order valence-electron chi connectivity index (χ3n) is 3.68. The molecule has 0 aliphatic carbocycles. The number of piperazine rings is 1. The zero-order valence-electron chi connectivity index (χ0n) is 11.3. The van der Waals surface area contributed by atoms with Gasteiger partial charge in [0.15, 0.2) is 0 Å². The number of carboxylic acid groups (broad SMARTS) is 1. The molecule has 0 saturated carbocycles. The highest BCUT2D eigenvalue weighted by Gasteiger charge is 2.41. The van der Waals surface area contributed by atoms with Crippen molar-refractivity contribution in [2.45, 2.75) is 25.9 Å². The van der Waals surface area contributed by atoms with Gasteiger partial charge in [-0.25, -0.2) is 4.79 Å². The fourth-order valence-corrected chi connectivity index (χ4v) is 2.36. The Bertz CT molecular complexity index is 506. The Morgan fingerprint density at radius 1 is 1.47 bits per heavy atom. The largest absolute Gasteiger partial charge is 0.478 e.